The van der Waals surface area contributed by atoms with E-state index in [1.165, 1.54) is 11.3 Å². The average molecular weight is 350 g/mol. The van der Waals surface area contributed by atoms with Crippen molar-refractivity contribution in [3.8, 4) is 11.5 Å². The molecule has 2 heterocycles. The summed E-state index contributed by atoms with van der Waals surface area (Å²) >= 11 is 1.34. The van der Waals surface area contributed by atoms with Gasteiger partial charge in [-0.2, -0.15) is 4.99 Å². The van der Waals surface area contributed by atoms with Gasteiger partial charge in [-0.25, -0.2) is 0 Å². The van der Waals surface area contributed by atoms with Crippen LogP contribution in [0.25, 0.3) is 10.2 Å². The minimum atomic E-state index is -0.376. The van der Waals surface area contributed by atoms with Gasteiger partial charge in [0, 0.05) is 18.6 Å². The van der Waals surface area contributed by atoms with Crippen LogP contribution in [0.2, 0.25) is 0 Å². The molecule has 1 amide bonds. The number of ether oxygens (including phenoxy) is 3. The number of hydrogen-bond donors (Lipinski definition) is 0. The third-order valence-electron chi connectivity index (χ3n) is 3.45. The van der Waals surface area contributed by atoms with Crippen molar-refractivity contribution < 1.29 is 23.8 Å². The SMILES string of the molecule is CCCC(=O)N=c1sc2cc3c(cc2n1CC(=O)OCC)OCO3. The monoisotopic (exact) mass is 350 g/mol. The number of aromatic nitrogens is 1. The first-order chi connectivity index (χ1) is 11.6. The van der Waals surface area contributed by atoms with Crippen molar-refractivity contribution in [2.75, 3.05) is 13.4 Å². The minimum Gasteiger partial charge on any atom is -0.465 e. The Kier molecular flexibility index (Phi) is 4.84. The second kappa shape index (κ2) is 7.04. The zero-order chi connectivity index (χ0) is 17.1. The van der Waals surface area contributed by atoms with Crippen LogP contribution in [0.4, 0.5) is 0 Å². The van der Waals surface area contributed by atoms with Gasteiger partial charge in [-0.1, -0.05) is 18.3 Å². The molecule has 0 unspecified atom stereocenters. The van der Waals surface area contributed by atoms with Crippen LogP contribution in [0, 0.1) is 0 Å². The zero-order valence-corrected chi connectivity index (χ0v) is 14.4. The quantitative estimate of drug-likeness (QED) is 0.773. The highest BCUT2D eigenvalue weighted by Gasteiger charge is 2.19. The number of amides is 1. The van der Waals surface area contributed by atoms with E-state index in [4.69, 9.17) is 14.2 Å². The van der Waals surface area contributed by atoms with Gasteiger partial charge in [0.05, 0.1) is 16.8 Å². The summed E-state index contributed by atoms with van der Waals surface area (Å²) in [5.41, 5.74) is 0.764. The largest absolute Gasteiger partial charge is 0.465 e. The third kappa shape index (κ3) is 3.28. The lowest BCUT2D eigenvalue weighted by atomic mass is 10.3. The average Bonchev–Trinajstić information content (AvgIpc) is 3.10. The Labute approximate surface area is 142 Å². The van der Waals surface area contributed by atoms with Gasteiger partial charge in [-0.3, -0.25) is 9.59 Å². The van der Waals surface area contributed by atoms with Crippen molar-refractivity contribution in [3.05, 3.63) is 16.9 Å². The second-order valence-electron chi connectivity index (χ2n) is 5.20. The molecule has 0 saturated carbocycles. The van der Waals surface area contributed by atoms with Gasteiger partial charge in [0.25, 0.3) is 0 Å². The van der Waals surface area contributed by atoms with Crippen molar-refractivity contribution in [2.45, 2.75) is 33.2 Å². The van der Waals surface area contributed by atoms with Gasteiger partial charge in [0.15, 0.2) is 16.3 Å². The molecular formula is C16H18N2O5S. The van der Waals surface area contributed by atoms with E-state index in [1.54, 1.807) is 17.6 Å². The van der Waals surface area contributed by atoms with Crippen LogP contribution in [0.5, 0.6) is 11.5 Å². The number of rotatable bonds is 5. The van der Waals surface area contributed by atoms with Crippen molar-refractivity contribution in [2.24, 2.45) is 4.99 Å². The molecule has 0 N–H and O–H groups in total. The Hall–Kier alpha value is -2.35. The number of benzene rings is 1. The summed E-state index contributed by atoms with van der Waals surface area (Å²) in [6.07, 6.45) is 1.09. The van der Waals surface area contributed by atoms with Gasteiger partial charge in [0.2, 0.25) is 12.7 Å². The standard InChI is InChI=1S/C16H18N2O5S/c1-3-5-14(19)17-16-18(8-15(20)21-4-2)10-6-11-12(23-9-22-11)7-13(10)24-16/h6-7H,3-5,8-9H2,1-2H3. The summed E-state index contributed by atoms with van der Waals surface area (Å²) in [7, 11) is 0. The van der Waals surface area contributed by atoms with Crippen molar-refractivity contribution >= 4 is 33.4 Å². The van der Waals surface area contributed by atoms with Crippen LogP contribution in [0.3, 0.4) is 0 Å². The van der Waals surface area contributed by atoms with E-state index in [0.717, 1.165) is 16.6 Å². The fraction of sp³-hybridized carbons (Fsp3) is 0.438. The lowest BCUT2D eigenvalue weighted by molar-refractivity contribution is -0.143. The maximum Gasteiger partial charge on any atom is 0.326 e. The molecule has 2 aromatic rings. The van der Waals surface area contributed by atoms with Gasteiger partial charge >= 0.3 is 5.97 Å². The van der Waals surface area contributed by atoms with Crippen LogP contribution in [-0.2, 0) is 20.9 Å². The number of fused-ring (bicyclic) bond motifs is 2. The molecule has 0 bridgehead atoms. The molecule has 0 atom stereocenters. The Morgan fingerprint density at radius 3 is 2.75 bits per heavy atom. The molecule has 0 aliphatic carbocycles. The maximum atomic E-state index is 11.9. The minimum absolute atomic E-state index is 0.00821. The lowest BCUT2D eigenvalue weighted by Crippen LogP contribution is -2.23. The lowest BCUT2D eigenvalue weighted by Gasteiger charge is -2.05. The number of hydrogen-bond acceptors (Lipinski definition) is 6. The van der Waals surface area contributed by atoms with Gasteiger partial charge in [-0.15, -0.1) is 0 Å². The molecule has 0 spiro atoms. The molecule has 128 valence electrons. The van der Waals surface area contributed by atoms with E-state index in [-0.39, 0.29) is 25.2 Å². The van der Waals surface area contributed by atoms with Crippen LogP contribution >= 0.6 is 11.3 Å². The highest BCUT2D eigenvalue weighted by Crippen LogP contribution is 2.36. The first-order valence-electron chi connectivity index (χ1n) is 7.78. The summed E-state index contributed by atoms with van der Waals surface area (Å²) in [5, 5.41) is 0. The molecule has 8 heteroatoms. The predicted molar refractivity (Wildman–Crippen MR) is 88.0 cm³/mol. The van der Waals surface area contributed by atoms with Crippen LogP contribution < -0.4 is 14.3 Å². The summed E-state index contributed by atoms with van der Waals surface area (Å²) in [5.74, 6) is 0.684. The van der Waals surface area contributed by atoms with Crippen LogP contribution in [0.1, 0.15) is 26.7 Å². The first-order valence-corrected chi connectivity index (χ1v) is 8.60. The number of esters is 1. The van der Waals surface area contributed by atoms with E-state index in [1.807, 2.05) is 13.0 Å². The molecule has 1 aromatic heterocycles. The molecule has 1 aliphatic heterocycles. The Morgan fingerprint density at radius 1 is 1.29 bits per heavy atom. The van der Waals surface area contributed by atoms with Gasteiger partial charge in [0.1, 0.15) is 6.54 Å². The molecule has 1 aromatic carbocycles. The molecule has 3 rings (SSSR count). The maximum absolute atomic E-state index is 11.9. The smallest absolute Gasteiger partial charge is 0.326 e. The fourth-order valence-electron chi connectivity index (χ4n) is 2.41. The van der Waals surface area contributed by atoms with E-state index >= 15 is 0 Å². The number of nitrogens with zero attached hydrogens (tertiary/aromatic N) is 2. The summed E-state index contributed by atoms with van der Waals surface area (Å²) in [6, 6.07) is 3.64. The Balaban J connectivity index is 2.11. The first kappa shape index (κ1) is 16.5. The van der Waals surface area contributed by atoms with E-state index in [2.05, 4.69) is 4.99 Å². The fourth-order valence-corrected chi connectivity index (χ4v) is 3.47. The van der Waals surface area contributed by atoms with E-state index in [0.29, 0.717) is 29.3 Å². The second-order valence-corrected chi connectivity index (χ2v) is 6.21. The predicted octanol–water partition coefficient (Wildman–Crippen LogP) is 2.22. The molecule has 0 radical (unpaired) electrons. The number of carbonyl (C=O) groups excluding carboxylic acids is 2. The molecule has 24 heavy (non-hydrogen) atoms. The summed E-state index contributed by atoms with van der Waals surface area (Å²) in [4.78, 5) is 28.5. The summed E-state index contributed by atoms with van der Waals surface area (Å²) in [6.45, 7) is 4.14. The summed E-state index contributed by atoms with van der Waals surface area (Å²) < 4.78 is 18.4. The van der Waals surface area contributed by atoms with Crippen LogP contribution in [-0.4, -0.2) is 29.8 Å². The Morgan fingerprint density at radius 2 is 2.04 bits per heavy atom. The Bertz CT molecular complexity index is 852. The van der Waals surface area contributed by atoms with E-state index < -0.39 is 0 Å². The number of carbonyl (C=O) groups is 2. The van der Waals surface area contributed by atoms with Crippen molar-refractivity contribution in [3.63, 3.8) is 0 Å². The highest BCUT2D eigenvalue weighted by atomic mass is 32.1. The highest BCUT2D eigenvalue weighted by molar-refractivity contribution is 7.16. The van der Waals surface area contributed by atoms with Crippen molar-refractivity contribution in [1.82, 2.24) is 4.57 Å². The van der Waals surface area contributed by atoms with Gasteiger partial charge in [-0.05, 0) is 13.3 Å². The topological polar surface area (TPSA) is 79.1 Å². The van der Waals surface area contributed by atoms with Crippen LogP contribution in [0.15, 0.2) is 17.1 Å². The molecule has 1 aliphatic rings. The molecule has 0 fully saturated rings. The van der Waals surface area contributed by atoms with Gasteiger partial charge < -0.3 is 18.8 Å². The van der Waals surface area contributed by atoms with Crippen molar-refractivity contribution in [1.29, 1.82) is 0 Å². The molecule has 7 nitrogen and oxygen atoms in total. The third-order valence-corrected chi connectivity index (χ3v) is 4.50. The number of thiazole rings is 1. The van der Waals surface area contributed by atoms with E-state index in [9.17, 15) is 9.59 Å². The molecular weight excluding hydrogens is 332 g/mol. The zero-order valence-electron chi connectivity index (χ0n) is 13.5. The normalized spacial score (nSPS) is 13.5. The molecule has 0 saturated heterocycles.